The molecule has 8 nitrogen and oxygen atoms in total. The van der Waals surface area contributed by atoms with Crippen molar-refractivity contribution in [3.05, 3.63) is 55.4 Å². The largest absolute Gasteiger partial charge is 0.491 e. The molecule has 0 aliphatic rings. The van der Waals surface area contributed by atoms with Crippen molar-refractivity contribution >= 4 is 51.6 Å². The predicted octanol–water partition coefficient (Wildman–Crippen LogP) is 3.93. The van der Waals surface area contributed by atoms with Gasteiger partial charge in [-0.05, 0) is 13.8 Å². The number of aliphatic hydroxyl groups excluding tert-OH is 1. The highest BCUT2D eigenvalue weighted by molar-refractivity contribution is 6.39. The van der Waals surface area contributed by atoms with Crippen molar-refractivity contribution in [2.75, 3.05) is 20.3 Å². The fourth-order valence-corrected chi connectivity index (χ4v) is 4.09. The van der Waals surface area contributed by atoms with Gasteiger partial charge in [-0.2, -0.15) is 0 Å². The highest BCUT2D eigenvalue weighted by Crippen LogP contribution is 2.38. The van der Waals surface area contributed by atoms with E-state index in [0.717, 1.165) is 0 Å². The lowest BCUT2D eigenvalue weighted by Crippen LogP contribution is -2.20. The van der Waals surface area contributed by atoms with Gasteiger partial charge in [0, 0.05) is 30.9 Å². The second-order valence-corrected chi connectivity index (χ2v) is 8.51. The number of rotatable bonds is 8. The van der Waals surface area contributed by atoms with E-state index in [-0.39, 0.29) is 57.3 Å². The zero-order valence-electron chi connectivity index (χ0n) is 18.1. The predicted molar refractivity (Wildman–Crippen MR) is 128 cm³/mol. The average Bonchev–Trinajstić information content (AvgIpc) is 2.75. The molecule has 0 fully saturated rings. The van der Waals surface area contributed by atoms with Crippen LogP contribution in [0.2, 0.25) is 15.1 Å². The van der Waals surface area contributed by atoms with Crippen molar-refractivity contribution < 1.29 is 19.4 Å². The number of nitrogens with zero attached hydrogens (tertiary/aromatic N) is 2. The van der Waals surface area contributed by atoms with Gasteiger partial charge in [-0.15, -0.1) is 0 Å². The van der Waals surface area contributed by atoms with Crippen LogP contribution in [0, 0.1) is 6.92 Å². The zero-order valence-corrected chi connectivity index (χ0v) is 20.4. The molecule has 0 bridgehead atoms. The molecule has 1 aromatic carbocycles. The minimum Gasteiger partial charge on any atom is -0.491 e. The minimum atomic E-state index is -0.666. The molecular weight excluding hydrogens is 493 g/mol. The molecule has 11 heteroatoms. The van der Waals surface area contributed by atoms with Crippen molar-refractivity contribution in [2.24, 2.45) is 0 Å². The number of hydrogen-bond donors (Lipinski definition) is 2. The SMILES string of the molecule is CNC(=O)CCOc1ncc(Cl)c2c1c(=O)cc(C)n2-c1c(Cl)cc(OC[C@H](C)O)cc1Cl. The maximum absolute atomic E-state index is 12.9. The van der Waals surface area contributed by atoms with Gasteiger partial charge < -0.3 is 24.5 Å². The van der Waals surface area contributed by atoms with Gasteiger partial charge in [0.05, 0.1) is 51.6 Å². The second-order valence-electron chi connectivity index (χ2n) is 7.29. The molecule has 2 heterocycles. The van der Waals surface area contributed by atoms with Crippen LogP contribution in [0.5, 0.6) is 11.6 Å². The van der Waals surface area contributed by atoms with Crippen LogP contribution >= 0.6 is 34.8 Å². The first kappa shape index (κ1) is 25.1. The molecule has 1 atom stereocenters. The molecule has 2 N–H and O–H groups in total. The monoisotopic (exact) mass is 513 g/mol. The molecule has 0 spiro atoms. The van der Waals surface area contributed by atoms with Crippen LogP contribution in [0.15, 0.2) is 29.2 Å². The van der Waals surface area contributed by atoms with Crippen LogP contribution < -0.4 is 20.2 Å². The number of carbonyl (C=O) groups excluding carboxylic acids is 1. The van der Waals surface area contributed by atoms with Crippen LogP contribution in [0.4, 0.5) is 0 Å². The maximum atomic E-state index is 12.9. The number of amides is 1. The number of aryl methyl sites for hydroxylation is 1. The molecule has 3 aromatic rings. The normalized spacial score (nSPS) is 12.0. The van der Waals surface area contributed by atoms with Gasteiger partial charge in [-0.25, -0.2) is 4.98 Å². The van der Waals surface area contributed by atoms with Gasteiger partial charge in [-0.1, -0.05) is 34.8 Å². The van der Waals surface area contributed by atoms with E-state index in [1.807, 2.05) is 0 Å². The lowest BCUT2D eigenvalue weighted by molar-refractivity contribution is -0.121. The van der Waals surface area contributed by atoms with Crippen LogP contribution in [-0.2, 0) is 4.79 Å². The van der Waals surface area contributed by atoms with E-state index in [4.69, 9.17) is 44.3 Å². The van der Waals surface area contributed by atoms with Crippen molar-refractivity contribution in [3.63, 3.8) is 0 Å². The summed E-state index contributed by atoms with van der Waals surface area (Å²) in [6.45, 7) is 3.40. The molecule has 176 valence electrons. The van der Waals surface area contributed by atoms with E-state index >= 15 is 0 Å². The Labute approximate surface area is 205 Å². The van der Waals surface area contributed by atoms with E-state index in [2.05, 4.69) is 10.3 Å². The highest BCUT2D eigenvalue weighted by Gasteiger charge is 2.21. The number of carbonyl (C=O) groups is 1. The minimum absolute atomic E-state index is 0.0214. The van der Waals surface area contributed by atoms with E-state index in [1.165, 1.54) is 19.3 Å². The Morgan fingerprint density at radius 2 is 1.85 bits per heavy atom. The maximum Gasteiger partial charge on any atom is 0.227 e. The zero-order chi connectivity index (χ0) is 24.3. The number of fused-ring (bicyclic) bond motifs is 1. The molecule has 0 radical (unpaired) electrons. The summed E-state index contributed by atoms with van der Waals surface area (Å²) in [4.78, 5) is 28.6. The number of hydrogen-bond acceptors (Lipinski definition) is 6. The van der Waals surface area contributed by atoms with Crippen LogP contribution in [-0.4, -0.2) is 46.9 Å². The summed E-state index contributed by atoms with van der Waals surface area (Å²) in [5, 5.41) is 12.7. The first-order valence-electron chi connectivity index (χ1n) is 9.98. The van der Waals surface area contributed by atoms with Gasteiger partial charge in [0.2, 0.25) is 11.8 Å². The molecule has 1 amide bonds. The summed E-state index contributed by atoms with van der Waals surface area (Å²) >= 11 is 19.6. The Kier molecular flexibility index (Phi) is 8.07. The summed E-state index contributed by atoms with van der Waals surface area (Å²) in [5.74, 6) is 0.211. The first-order chi connectivity index (χ1) is 15.6. The van der Waals surface area contributed by atoms with Crippen LogP contribution in [0.25, 0.3) is 16.6 Å². The third-order valence-corrected chi connectivity index (χ3v) is 5.54. The van der Waals surface area contributed by atoms with Crippen LogP contribution in [0.1, 0.15) is 19.0 Å². The van der Waals surface area contributed by atoms with Gasteiger partial charge in [0.15, 0.2) is 5.43 Å². The van der Waals surface area contributed by atoms with Crippen molar-refractivity contribution in [1.82, 2.24) is 14.9 Å². The molecule has 0 aliphatic heterocycles. The van der Waals surface area contributed by atoms with Crippen molar-refractivity contribution in [1.29, 1.82) is 0 Å². The fourth-order valence-electron chi connectivity index (χ4n) is 3.22. The van der Waals surface area contributed by atoms with Gasteiger partial charge in [0.1, 0.15) is 17.7 Å². The molecule has 3 rings (SSSR count). The van der Waals surface area contributed by atoms with E-state index in [0.29, 0.717) is 22.6 Å². The Bertz CT molecular complexity index is 1240. The third-order valence-electron chi connectivity index (χ3n) is 4.69. The number of nitrogens with one attached hydrogen (secondary N) is 1. The first-order valence-corrected chi connectivity index (χ1v) is 11.1. The standard InChI is InChI=1S/C22H22Cl3N3O5/c1-11-6-17(30)19-21(16(25)9-27-22(19)32-5-4-18(31)26-3)28(11)20-14(23)7-13(8-15(20)24)33-10-12(2)29/h6-9,12,29H,4-5,10H2,1-3H3,(H,26,31)/t12-/m0/s1. The second kappa shape index (κ2) is 10.6. The average molecular weight is 515 g/mol. The third kappa shape index (κ3) is 5.52. The number of aliphatic hydroxyl groups is 1. The summed E-state index contributed by atoms with van der Waals surface area (Å²) in [6.07, 6.45) is 0.783. The number of benzene rings is 1. The quantitative estimate of drug-likeness (QED) is 0.472. The number of ether oxygens (including phenoxy) is 2. The Balaban J connectivity index is 2.17. The summed E-state index contributed by atoms with van der Waals surface area (Å²) < 4.78 is 12.8. The van der Waals surface area contributed by atoms with E-state index in [1.54, 1.807) is 30.5 Å². The van der Waals surface area contributed by atoms with Crippen molar-refractivity contribution in [2.45, 2.75) is 26.4 Å². The molecule has 0 aliphatic carbocycles. The van der Waals surface area contributed by atoms with Crippen LogP contribution in [0.3, 0.4) is 0 Å². The number of halogens is 3. The topological polar surface area (TPSA) is 103 Å². The Morgan fingerprint density at radius 1 is 1.18 bits per heavy atom. The molecule has 0 saturated carbocycles. The number of aromatic nitrogens is 2. The highest BCUT2D eigenvalue weighted by atomic mass is 35.5. The Hall–Kier alpha value is -2.52. The van der Waals surface area contributed by atoms with Gasteiger partial charge >= 0.3 is 0 Å². The molecule has 0 saturated heterocycles. The molecule has 0 unspecified atom stereocenters. The molecule has 2 aromatic heterocycles. The lowest BCUT2D eigenvalue weighted by atomic mass is 10.2. The molecular formula is C22H22Cl3N3O5. The lowest BCUT2D eigenvalue weighted by Gasteiger charge is -2.20. The van der Waals surface area contributed by atoms with E-state index < -0.39 is 6.10 Å². The smallest absolute Gasteiger partial charge is 0.227 e. The van der Waals surface area contributed by atoms with E-state index in [9.17, 15) is 14.7 Å². The molecule has 33 heavy (non-hydrogen) atoms. The van der Waals surface area contributed by atoms with Gasteiger partial charge in [-0.3, -0.25) is 9.59 Å². The Morgan fingerprint density at radius 3 is 2.45 bits per heavy atom. The summed E-state index contributed by atoms with van der Waals surface area (Å²) in [6, 6.07) is 4.52. The fraction of sp³-hybridized carbons (Fsp3) is 0.318. The number of pyridine rings is 2. The summed E-state index contributed by atoms with van der Waals surface area (Å²) in [7, 11) is 1.52. The van der Waals surface area contributed by atoms with Gasteiger partial charge in [0.25, 0.3) is 0 Å². The van der Waals surface area contributed by atoms with Crippen molar-refractivity contribution in [3.8, 4) is 17.3 Å². The summed E-state index contributed by atoms with van der Waals surface area (Å²) in [5.41, 5.74) is 0.869.